The summed E-state index contributed by atoms with van der Waals surface area (Å²) < 4.78 is 8.97. The van der Waals surface area contributed by atoms with Gasteiger partial charge >= 0.3 is 0 Å². The van der Waals surface area contributed by atoms with Crippen molar-refractivity contribution < 1.29 is 9.64 Å². The van der Waals surface area contributed by atoms with E-state index in [4.69, 9.17) is 4.74 Å². The van der Waals surface area contributed by atoms with E-state index >= 15 is 0 Å². The average molecular weight is 377 g/mol. The first kappa shape index (κ1) is 17.5. The first-order valence-electron chi connectivity index (χ1n) is 8.57. The zero-order valence-corrected chi connectivity index (χ0v) is 15.2. The van der Waals surface area contributed by atoms with Crippen molar-refractivity contribution in [3.63, 3.8) is 0 Å². The molecule has 28 heavy (non-hydrogen) atoms. The summed E-state index contributed by atoms with van der Waals surface area (Å²) in [6.45, 7) is 1.86. The summed E-state index contributed by atoms with van der Waals surface area (Å²) >= 11 is 0. The minimum absolute atomic E-state index is 0.000167. The van der Waals surface area contributed by atoms with Crippen molar-refractivity contribution in [2.24, 2.45) is 7.05 Å². The van der Waals surface area contributed by atoms with E-state index in [0.717, 1.165) is 11.4 Å². The molecule has 2 aromatic rings. The maximum Gasteiger partial charge on any atom is 0.281 e. The lowest BCUT2D eigenvalue weighted by atomic mass is 10.1. The topological polar surface area (TPSA) is 97.3 Å². The standard InChI is InChI=1S/C20H17N4O4/c1-13-18(20(25)23(22(13)2)15-6-4-3-5-7-15)17-12-28-19(21-17)14-8-10-16(11-9-14)24(26)27/h3-12,21H,1-2H3/q-1. The molecule has 0 radical (unpaired) electrons. The summed E-state index contributed by atoms with van der Waals surface area (Å²) in [5.74, 6) is 0.416. The van der Waals surface area contributed by atoms with Gasteiger partial charge in [0.15, 0.2) is 0 Å². The van der Waals surface area contributed by atoms with Gasteiger partial charge in [-0.3, -0.25) is 9.48 Å². The molecule has 0 amide bonds. The molecule has 0 fully saturated rings. The summed E-state index contributed by atoms with van der Waals surface area (Å²) in [5, 5.41) is 24.7. The van der Waals surface area contributed by atoms with Crippen LogP contribution >= 0.6 is 0 Å². The predicted octanol–water partition coefficient (Wildman–Crippen LogP) is 2.19. The van der Waals surface area contributed by atoms with Gasteiger partial charge in [0.1, 0.15) is 6.26 Å². The maximum atomic E-state index is 13.1. The number of aromatic nitrogens is 2. The zero-order valence-electron chi connectivity index (χ0n) is 15.2. The first-order chi connectivity index (χ1) is 13.5. The molecule has 0 bridgehead atoms. The van der Waals surface area contributed by atoms with Crippen molar-refractivity contribution in [1.29, 1.82) is 0 Å². The third-order valence-corrected chi connectivity index (χ3v) is 4.71. The molecule has 1 aromatic heterocycles. The number of benzene rings is 1. The highest BCUT2D eigenvalue weighted by atomic mass is 16.8. The normalized spacial score (nSPS) is 15.5. The van der Waals surface area contributed by atoms with Gasteiger partial charge in [-0.1, -0.05) is 18.2 Å². The van der Waals surface area contributed by atoms with Crippen molar-refractivity contribution in [3.05, 3.63) is 104 Å². The summed E-state index contributed by atoms with van der Waals surface area (Å²) in [5.41, 5.74) is 3.07. The SMILES string of the molecule is Cc1c(C2=COC(=C3C=CC(=[N+]([O-])[O-])C=C3)N2)c(=O)n(-c2ccccc2)n1C. The fraction of sp³-hybridized carbons (Fsp3) is 0.100. The highest BCUT2D eigenvalue weighted by molar-refractivity contribution is 6.02. The Labute approximate surface area is 160 Å². The number of nitrogens with one attached hydrogen (secondary N) is 1. The van der Waals surface area contributed by atoms with Crippen molar-refractivity contribution in [1.82, 2.24) is 14.7 Å². The molecule has 0 saturated carbocycles. The van der Waals surface area contributed by atoms with Crippen LogP contribution in [-0.4, -0.2) is 20.0 Å². The Bertz CT molecular complexity index is 1140. The van der Waals surface area contributed by atoms with Gasteiger partial charge in [-0.15, -0.1) is 0 Å². The summed E-state index contributed by atoms with van der Waals surface area (Å²) in [7, 11) is 1.82. The molecule has 1 aromatic carbocycles. The molecule has 4 rings (SSSR count). The van der Waals surface area contributed by atoms with E-state index in [2.05, 4.69) is 5.32 Å². The van der Waals surface area contributed by atoms with Gasteiger partial charge in [0, 0.05) is 30.5 Å². The van der Waals surface area contributed by atoms with Crippen LogP contribution in [0.1, 0.15) is 11.3 Å². The van der Waals surface area contributed by atoms with Gasteiger partial charge in [-0.2, -0.15) is 4.90 Å². The second-order valence-corrected chi connectivity index (χ2v) is 6.34. The lowest BCUT2D eigenvalue weighted by Crippen LogP contribution is -2.22. The van der Waals surface area contributed by atoms with E-state index in [9.17, 15) is 15.2 Å². The van der Waals surface area contributed by atoms with Crippen molar-refractivity contribution in [2.75, 3.05) is 0 Å². The van der Waals surface area contributed by atoms with Crippen LogP contribution in [0.5, 0.6) is 0 Å². The molecule has 2 aliphatic rings. The fourth-order valence-corrected chi connectivity index (χ4v) is 3.17. The number of para-hydroxylation sites is 1. The molecule has 142 valence electrons. The van der Waals surface area contributed by atoms with Crippen LogP contribution in [-0.2, 0) is 11.8 Å². The number of rotatable bonds is 2. The molecule has 1 N–H and O–H groups in total. The molecule has 8 heteroatoms. The van der Waals surface area contributed by atoms with E-state index in [1.807, 2.05) is 44.3 Å². The van der Waals surface area contributed by atoms with E-state index in [1.165, 1.54) is 18.4 Å². The first-order valence-corrected chi connectivity index (χ1v) is 8.57. The highest BCUT2D eigenvalue weighted by Gasteiger charge is 2.24. The van der Waals surface area contributed by atoms with Gasteiger partial charge in [-0.05, 0) is 31.2 Å². The molecular formula is C20H17N4O4-. The van der Waals surface area contributed by atoms with Gasteiger partial charge < -0.3 is 20.5 Å². The van der Waals surface area contributed by atoms with Gasteiger partial charge in [0.2, 0.25) is 11.6 Å². The molecule has 2 heterocycles. The summed E-state index contributed by atoms with van der Waals surface area (Å²) in [6.07, 6.45) is 7.48. The van der Waals surface area contributed by atoms with Crippen LogP contribution in [0.15, 0.2) is 77.1 Å². The minimum atomic E-state index is -0.458. The van der Waals surface area contributed by atoms with Crippen LogP contribution in [0.3, 0.4) is 0 Å². The third-order valence-electron chi connectivity index (χ3n) is 4.71. The fourth-order valence-electron chi connectivity index (χ4n) is 3.17. The number of allylic oxidation sites excluding steroid dienone is 5. The number of hydrogen-bond donors (Lipinski definition) is 1. The number of hydrogen-bond acceptors (Lipinski definition) is 5. The van der Waals surface area contributed by atoms with Crippen molar-refractivity contribution in [2.45, 2.75) is 6.92 Å². The van der Waals surface area contributed by atoms with Crippen LogP contribution in [0.4, 0.5) is 0 Å². The molecule has 1 aliphatic carbocycles. The molecule has 0 saturated heterocycles. The average Bonchev–Trinajstić information content (AvgIpc) is 3.26. The smallest absolute Gasteiger partial charge is 0.281 e. The van der Waals surface area contributed by atoms with Gasteiger partial charge in [-0.25, -0.2) is 4.68 Å². The molecule has 1 aliphatic heterocycles. The van der Waals surface area contributed by atoms with Crippen LogP contribution in [0.2, 0.25) is 0 Å². The molecule has 0 spiro atoms. The second kappa shape index (κ2) is 6.66. The highest BCUT2D eigenvalue weighted by Crippen LogP contribution is 2.24. The van der Waals surface area contributed by atoms with Crippen molar-refractivity contribution in [3.8, 4) is 5.69 Å². The number of nitrogens with zero attached hydrogens (tertiary/aromatic N) is 3. The molecule has 0 atom stereocenters. The van der Waals surface area contributed by atoms with E-state index in [-0.39, 0.29) is 11.3 Å². The quantitative estimate of drug-likeness (QED) is 0.639. The Hall–Kier alpha value is -3.94. The Morgan fingerprint density at radius 3 is 2.39 bits per heavy atom. The molecular weight excluding hydrogens is 360 g/mol. The van der Waals surface area contributed by atoms with Crippen LogP contribution in [0.25, 0.3) is 11.4 Å². The lowest BCUT2D eigenvalue weighted by molar-refractivity contribution is -0.377. The molecule has 0 unspecified atom stereocenters. The predicted molar refractivity (Wildman–Crippen MR) is 105 cm³/mol. The van der Waals surface area contributed by atoms with Crippen LogP contribution in [0, 0.1) is 17.3 Å². The van der Waals surface area contributed by atoms with E-state index in [0.29, 0.717) is 22.7 Å². The third kappa shape index (κ3) is 2.81. The maximum absolute atomic E-state index is 13.1. The van der Waals surface area contributed by atoms with E-state index < -0.39 is 4.90 Å². The van der Waals surface area contributed by atoms with E-state index in [1.54, 1.807) is 21.5 Å². The van der Waals surface area contributed by atoms with Crippen molar-refractivity contribution >= 4 is 11.4 Å². The zero-order chi connectivity index (χ0) is 19.8. The van der Waals surface area contributed by atoms with Crippen LogP contribution < -0.4 is 10.9 Å². The Balaban J connectivity index is 1.69. The van der Waals surface area contributed by atoms with Gasteiger partial charge in [0.05, 0.1) is 16.9 Å². The lowest BCUT2D eigenvalue weighted by Gasteiger charge is -2.10. The summed E-state index contributed by atoms with van der Waals surface area (Å²) in [4.78, 5) is 12.6. The van der Waals surface area contributed by atoms with Gasteiger partial charge in [0.25, 0.3) is 5.56 Å². The Morgan fingerprint density at radius 2 is 1.75 bits per heavy atom. The largest absolute Gasteiger partial charge is 0.612 e. The Morgan fingerprint density at radius 1 is 1.07 bits per heavy atom. The summed E-state index contributed by atoms with van der Waals surface area (Å²) in [6, 6.07) is 9.38. The molecule has 8 nitrogen and oxygen atoms in total. The Kier molecular flexibility index (Phi) is 4.15. The number of ether oxygens (including phenoxy) is 1. The second-order valence-electron chi connectivity index (χ2n) is 6.34. The minimum Gasteiger partial charge on any atom is -0.612 e. The monoisotopic (exact) mass is 377 g/mol.